The molecular formula is C8H14N2O4. The third-order valence-corrected chi connectivity index (χ3v) is 2.01. The highest BCUT2D eigenvalue weighted by Gasteiger charge is 2.23. The van der Waals surface area contributed by atoms with Crippen LogP contribution in [-0.2, 0) is 14.3 Å². The molecule has 80 valence electrons. The lowest BCUT2D eigenvalue weighted by Gasteiger charge is -2.29. The van der Waals surface area contributed by atoms with E-state index in [-0.39, 0.29) is 18.6 Å². The molecule has 1 rings (SSSR count). The normalized spacial score (nSPS) is 22.0. The van der Waals surface area contributed by atoms with Crippen LogP contribution in [0.1, 0.15) is 0 Å². The first-order valence-corrected chi connectivity index (χ1v) is 4.31. The van der Waals surface area contributed by atoms with Gasteiger partial charge in [0.1, 0.15) is 6.61 Å². The molecule has 0 aromatic heterocycles. The summed E-state index contributed by atoms with van der Waals surface area (Å²) in [5, 5.41) is 2.51. The van der Waals surface area contributed by atoms with Crippen LogP contribution in [0.5, 0.6) is 0 Å². The summed E-state index contributed by atoms with van der Waals surface area (Å²) in [5.41, 5.74) is 0. The van der Waals surface area contributed by atoms with Crippen molar-refractivity contribution in [1.82, 2.24) is 10.2 Å². The van der Waals surface area contributed by atoms with Gasteiger partial charge in [-0.2, -0.15) is 0 Å². The summed E-state index contributed by atoms with van der Waals surface area (Å²) in [4.78, 5) is 23.3. The Morgan fingerprint density at radius 1 is 1.79 bits per heavy atom. The van der Waals surface area contributed by atoms with Gasteiger partial charge in [0.05, 0.1) is 13.2 Å². The highest BCUT2D eigenvalue weighted by atomic mass is 16.5. The second-order valence-corrected chi connectivity index (χ2v) is 3.08. The van der Waals surface area contributed by atoms with Crippen molar-refractivity contribution in [3.8, 4) is 0 Å². The molecule has 14 heavy (non-hydrogen) atoms. The van der Waals surface area contributed by atoms with Crippen molar-refractivity contribution in [2.45, 2.75) is 6.10 Å². The van der Waals surface area contributed by atoms with Crippen LogP contribution in [0.4, 0.5) is 4.79 Å². The Balaban J connectivity index is 2.26. The molecule has 0 aliphatic carbocycles. The van der Waals surface area contributed by atoms with Gasteiger partial charge in [-0.15, -0.1) is 0 Å². The Hall–Kier alpha value is -1.30. The molecule has 1 N–H and O–H groups in total. The van der Waals surface area contributed by atoms with E-state index >= 15 is 0 Å². The number of nitrogens with zero attached hydrogens (tertiary/aromatic N) is 1. The second-order valence-electron chi connectivity index (χ2n) is 3.08. The molecule has 0 aromatic rings. The number of carbonyl (C=O) groups excluding carboxylic acids is 2. The lowest BCUT2D eigenvalue weighted by atomic mass is 10.3. The van der Waals surface area contributed by atoms with Gasteiger partial charge in [-0.25, -0.2) is 4.79 Å². The van der Waals surface area contributed by atoms with Gasteiger partial charge in [-0.1, -0.05) is 0 Å². The lowest BCUT2D eigenvalue weighted by molar-refractivity contribution is -0.146. The van der Waals surface area contributed by atoms with Crippen molar-refractivity contribution in [1.29, 1.82) is 0 Å². The Labute approximate surface area is 82.1 Å². The van der Waals surface area contributed by atoms with Crippen LogP contribution in [-0.4, -0.2) is 56.9 Å². The maximum Gasteiger partial charge on any atom is 0.406 e. The van der Waals surface area contributed by atoms with E-state index < -0.39 is 6.09 Å². The number of hydrogen-bond acceptors (Lipinski definition) is 4. The smallest absolute Gasteiger partial charge is 0.406 e. The molecule has 1 atom stereocenters. The highest BCUT2D eigenvalue weighted by Crippen LogP contribution is 2.02. The predicted octanol–water partition coefficient (Wildman–Crippen LogP) is -0.800. The number of amides is 2. The molecule has 0 bridgehead atoms. The Kier molecular flexibility index (Phi) is 3.70. The quantitative estimate of drug-likeness (QED) is 0.636. The van der Waals surface area contributed by atoms with Crippen molar-refractivity contribution < 1.29 is 19.1 Å². The van der Waals surface area contributed by atoms with E-state index in [9.17, 15) is 9.59 Å². The number of hydrogen-bond donors (Lipinski definition) is 1. The van der Waals surface area contributed by atoms with E-state index in [0.29, 0.717) is 13.1 Å². The SMILES string of the molecule is COC(=O)NCC1CN(C)C(=O)CO1. The zero-order valence-corrected chi connectivity index (χ0v) is 8.28. The fraction of sp³-hybridized carbons (Fsp3) is 0.750. The minimum absolute atomic E-state index is 0.0423. The lowest BCUT2D eigenvalue weighted by Crippen LogP contribution is -2.48. The third kappa shape index (κ3) is 2.88. The largest absolute Gasteiger partial charge is 0.453 e. The maximum absolute atomic E-state index is 11.0. The predicted molar refractivity (Wildman–Crippen MR) is 47.8 cm³/mol. The van der Waals surface area contributed by atoms with Crippen LogP contribution in [0.2, 0.25) is 0 Å². The van der Waals surface area contributed by atoms with Gasteiger partial charge in [0.25, 0.3) is 0 Å². The van der Waals surface area contributed by atoms with Crippen LogP contribution >= 0.6 is 0 Å². The van der Waals surface area contributed by atoms with Crippen LogP contribution in [0, 0.1) is 0 Å². The number of morpholine rings is 1. The molecule has 0 saturated carbocycles. The molecule has 0 spiro atoms. The molecule has 1 saturated heterocycles. The van der Waals surface area contributed by atoms with Crippen molar-refractivity contribution in [3.05, 3.63) is 0 Å². The summed E-state index contributed by atoms with van der Waals surface area (Å²) in [6.45, 7) is 0.914. The molecule has 2 amide bonds. The third-order valence-electron chi connectivity index (χ3n) is 2.01. The summed E-state index contributed by atoms with van der Waals surface area (Å²) in [7, 11) is 3.00. The van der Waals surface area contributed by atoms with E-state index in [1.807, 2.05) is 0 Å². The first-order chi connectivity index (χ1) is 6.63. The molecule has 1 unspecified atom stereocenters. The van der Waals surface area contributed by atoms with Crippen LogP contribution in [0.3, 0.4) is 0 Å². The molecule has 1 aliphatic heterocycles. The van der Waals surface area contributed by atoms with E-state index in [2.05, 4.69) is 10.1 Å². The molecular weight excluding hydrogens is 188 g/mol. The molecule has 1 heterocycles. The highest BCUT2D eigenvalue weighted by molar-refractivity contribution is 5.77. The average Bonchev–Trinajstić information content (AvgIpc) is 2.19. The summed E-state index contributed by atoms with van der Waals surface area (Å²) in [6.07, 6.45) is -0.648. The number of ether oxygens (including phenoxy) is 2. The number of likely N-dealkylation sites (N-methyl/N-ethyl adjacent to an activating group) is 1. The first-order valence-electron chi connectivity index (χ1n) is 4.31. The van der Waals surface area contributed by atoms with Gasteiger partial charge in [0.15, 0.2) is 0 Å². The molecule has 6 heteroatoms. The molecule has 0 radical (unpaired) electrons. The van der Waals surface area contributed by atoms with Gasteiger partial charge in [-0.05, 0) is 0 Å². The Bertz CT molecular complexity index is 231. The molecule has 1 aliphatic rings. The number of rotatable bonds is 2. The minimum Gasteiger partial charge on any atom is -0.453 e. The summed E-state index contributed by atoms with van der Waals surface area (Å²) in [6, 6.07) is 0. The monoisotopic (exact) mass is 202 g/mol. The zero-order chi connectivity index (χ0) is 10.6. The maximum atomic E-state index is 11.0. The topological polar surface area (TPSA) is 67.9 Å². The molecule has 6 nitrogen and oxygen atoms in total. The van der Waals surface area contributed by atoms with E-state index in [0.717, 1.165) is 0 Å². The van der Waals surface area contributed by atoms with Gasteiger partial charge < -0.3 is 19.7 Å². The molecule has 1 fully saturated rings. The minimum atomic E-state index is -0.492. The van der Waals surface area contributed by atoms with Crippen molar-refractivity contribution in [2.24, 2.45) is 0 Å². The fourth-order valence-electron chi connectivity index (χ4n) is 1.15. The zero-order valence-electron chi connectivity index (χ0n) is 8.28. The van der Waals surface area contributed by atoms with Crippen molar-refractivity contribution in [2.75, 3.05) is 33.9 Å². The van der Waals surface area contributed by atoms with Gasteiger partial charge >= 0.3 is 6.09 Å². The molecule has 0 aromatic carbocycles. The van der Waals surface area contributed by atoms with Crippen LogP contribution in [0.25, 0.3) is 0 Å². The van der Waals surface area contributed by atoms with Gasteiger partial charge in [0, 0.05) is 20.1 Å². The van der Waals surface area contributed by atoms with Crippen molar-refractivity contribution in [3.63, 3.8) is 0 Å². The van der Waals surface area contributed by atoms with Gasteiger partial charge in [-0.3, -0.25) is 4.79 Å². The number of carbonyl (C=O) groups is 2. The Morgan fingerprint density at radius 3 is 3.07 bits per heavy atom. The number of alkyl carbamates (subject to hydrolysis) is 1. The van der Waals surface area contributed by atoms with Crippen LogP contribution < -0.4 is 5.32 Å². The van der Waals surface area contributed by atoms with E-state index in [1.54, 1.807) is 11.9 Å². The first kappa shape index (κ1) is 10.8. The van der Waals surface area contributed by atoms with Gasteiger partial charge in [0.2, 0.25) is 5.91 Å². The summed E-state index contributed by atoms with van der Waals surface area (Å²) < 4.78 is 9.60. The number of methoxy groups -OCH3 is 1. The fourth-order valence-corrected chi connectivity index (χ4v) is 1.15. The van der Waals surface area contributed by atoms with E-state index in [4.69, 9.17) is 4.74 Å². The second kappa shape index (κ2) is 4.80. The van der Waals surface area contributed by atoms with E-state index in [1.165, 1.54) is 7.11 Å². The summed E-state index contributed by atoms with van der Waals surface area (Å²) >= 11 is 0. The summed E-state index contributed by atoms with van der Waals surface area (Å²) in [5.74, 6) is -0.0423. The standard InChI is InChI=1S/C8H14N2O4/c1-10-4-6(14-5-7(10)11)3-9-8(12)13-2/h6H,3-5H2,1-2H3,(H,9,12). The van der Waals surface area contributed by atoms with Crippen LogP contribution in [0.15, 0.2) is 0 Å². The average molecular weight is 202 g/mol. The number of nitrogens with one attached hydrogen (secondary N) is 1. The Morgan fingerprint density at radius 2 is 2.50 bits per heavy atom. The van der Waals surface area contributed by atoms with Crippen molar-refractivity contribution >= 4 is 12.0 Å².